The first-order valence-corrected chi connectivity index (χ1v) is 5.88. The Morgan fingerprint density at radius 2 is 2.00 bits per heavy atom. The molecule has 0 aromatic heterocycles. The van der Waals surface area contributed by atoms with Crippen LogP contribution in [0.25, 0.3) is 0 Å². The van der Waals surface area contributed by atoms with Gasteiger partial charge < -0.3 is 0 Å². The zero-order valence-electron chi connectivity index (χ0n) is 8.04. The Morgan fingerprint density at radius 3 is 2.80 bits per heavy atom. The Labute approximate surface area is 98.4 Å². The molecule has 2 atom stereocenters. The molecule has 0 radical (unpaired) electrons. The van der Waals surface area contributed by atoms with Crippen LogP contribution >= 0.6 is 23.2 Å². The number of ketones is 1. The molecule has 1 nitrogen and oxygen atoms in total. The quantitative estimate of drug-likeness (QED) is 0.635. The zero-order valence-corrected chi connectivity index (χ0v) is 9.55. The molecule has 1 saturated carbocycles. The number of benzene rings is 1. The van der Waals surface area contributed by atoms with E-state index < -0.39 is 4.33 Å². The van der Waals surface area contributed by atoms with Crippen LogP contribution in [0.15, 0.2) is 24.3 Å². The Bertz CT molecular complexity index is 439. The average molecular weight is 241 g/mol. The number of Topliss-reactive ketones (excluding diaryl/α,β-unsaturated/α-hetero) is 1. The first-order chi connectivity index (χ1) is 7.12. The number of fused-ring (bicyclic) bond motifs is 3. The molecule has 3 rings (SSSR count). The van der Waals surface area contributed by atoms with E-state index in [2.05, 4.69) is 0 Å². The van der Waals surface area contributed by atoms with Crippen molar-refractivity contribution in [1.82, 2.24) is 0 Å². The van der Waals surface area contributed by atoms with Gasteiger partial charge in [0, 0.05) is 23.8 Å². The second-order valence-electron chi connectivity index (χ2n) is 4.31. The van der Waals surface area contributed by atoms with Gasteiger partial charge in [0.25, 0.3) is 0 Å². The summed E-state index contributed by atoms with van der Waals surface area (Å²) in [6.07, 6.45) is 1.38. The number of alkyl halides is 2. The number of rotatable bonds is 0. The van der Waals surface area contributed by atoms with Gasteiger partial charge in [-0.1, -0.05) is 24.3 Å². The molecule has 0 heterocycles. The van der Waals surface area contributed by atoms with Crippen molar-refractivity contribution in [3.8, 4) is 0 Å². The molecule has 0 aliphatic heterocycles. The Balaban J connectivity index is 2.14. The van der Waals surface area contributed by atoms with Gasteiger partial charge in [-0.3, -0.25) is 4.79 Å². The maximum atomic E-state index is 11.8. The maximum Gasteiger partial charge on any atom is 0.163 e. The first kappa shape index (κ1) is 9.68. The summed E-state index contributed by atoms with van der Waals surface area (Å²) in [5.41, 5.74) is 1.85. The molecule has 15 heavy (non-hydrogen) atoms. The third-order valence-electron chi connectivity index (χ3n) is 3.48. The van der Waals surface area contributed by atoms with Gasteiger partial charge in [-0.15, -0.1) is 23.2 Å². The molecule has 2 aliphatic carbocycles. The van der Waals surface area contributed by atoms with Crippen LogP contribution in [0.1, 0.15) is 34.7 Å². The standard InChI is InChI=1S/C12H10Cl2O/c13-12(14)9-5-6-10(15)7-3-1-2-4-8(7)11(9)12/h1-4,9,11H,5-6H2/t9-,11-/m1/s1. The van der Waals surface area contributed by atoms with E-state index in [4.69, 9.17) is 23.2 Å². The maximum absolute atomic E-state index is 11.8. The van der Waals surface area contributed by atoms with Crippen molar-refractivity contribution in [1.29, 1.82) is 0 Å². The van der Waals surface area contributed by atoms with Gasteiger partial charge in [-0.05, 0) is 12.0 Å². The molecule has 0 spiro atoms. The van der Waals surface area contributed by atoms with Gasteiger partial charge >= 0.3 is 0 Å². The molecule has 0 unspecified atom stereocenters. The van der Waals surface area contributed by atoms with Crippen molar-refractivity contribution in [3.05, 3.63) is 35.4 Å². The van der Waals surface area contributed by atoms with E-state index in [1.165, 1.54) is 0 Å². The highest BCUT2D eigenvalue weighted by Crippen LogP contribution is 2.68. The van der Waals surface area contributed by atoms with Crippen LogP contribution in [-0.4, -0.2) is 10.1 Å². The van der Waals surface area contributed by atoms with E-state index in [1.807, 2.05) is 24.3 Å². The van der Waals surface area contributed by atoms with Gasteiger partial charge in [0.05, 0.1) is 0 Å². The predicted octanol–water partition coefficient (Wildman–Crippen LogP) is 3.55. The molecular weight excluding hydrogens is 231 g/mol. The minimum atomic E-state index is -0.642. The van der Waals surface area contributed by atoms with E-state index >= 15 is 0 Å². The monoisotopic (exact) mass is 240 g/mol. The van der Waals surface area contributed by atoms with Crippen LogP contribution in [0.5, 0.6) is 0 Å². The third kappa shape index (κ3) is 1.26. The molecule has 0 amide bonds. The summed E-state index contributed by atoms with van der Waals surface area (Å²) in [6, 6.07) is 7.69. The van der Waals surface area contributed by atoms with Crippen LogP contribution < -0.4 is 0 Å². The summed E-state index contributed by atoms with van der Waals surface area (Å²) in [5.74, 6) is 0.638. The van der Waals surface area contributed by atoms with Gasteiger partial charge in [0.15, 0.2) is 5.78 Å². The highest BCUT2D eigenvalue weighted by molar-refractivity contribution is 6.52. The fourth-order valence-corrected chi connectivity index (χ4v) is 3.50. The molecule has 2 aliphatic rings. The van der Waals surface area contributed by atoms with Crippen molar-refractivity contribution < 1.29 is 4.79 Å². The number of hydrogen-bond acceptors (Lipinski definition) is 1. The summed E-state index contributed by atoms with van der Waals surface area (Å²) in [4.78, 5) is 11.8. The average Bonchev–Trinajstić information content (AvgIpc) is 2.81. The Kier molecular flexibility index (Phi) is 1.93. The van der Waals surface area contributed by atoms with Crippen LogP contribution in [0.3, 0.4) is 0 Å². The summed E-state index contributed by atoms with van der Waals surface area (Å²) in [5, 5.41) is 0. The minimum absolute atomic E-state index is 0.156. The molecule has 0 bridgehead atoms. The number of carbonyl (C=O) groups is 1. The molecule has 0 N–H and O–H groups in total. The number of hydrogen-bond donors (Lipinski definition) is 0. The summed E-state index contributed by atoms with van der Waals surface area (Å²) in [6.45, 7) is 0. The summed E-state index contributed by atoms with van der Waals surface area (Å²) >= 11 is 12.4. The molecule has 1 aromatic rings. The van der Waals surface area contributed by atoms with Crippen molar-refractivity contribution in [2.24, 2.45) is 5.92 Å². The van der Waals surface area contributed by atoms with Crippen LogP contribution in [0, 0.1) is 5.92 Å². The van der Waals surface area contributed by atoms with Gasteiger partial charge in [-0.2, -0.15) is 0 Å². The van der Waals surface area contributed by atoms with E-state index in [1.54, 1.807) is 0 Å². The van der Waals surface area contributed by atoms with Crippen LogP contribution in [-0.2, 0) is 0 Å². The normalized spacial score (nSPS) is 31.5. The van der Waals surface area contributed by atoms with Gasteiger partial charge in [0.2, 0.25) is 0 Å². The number of carbonyl (C=O) groups excluding carboxylic acids is 1. The summed E-state index contributed by atoms with van der Waals surface area (Å²) < 4.78 is -0.642. The van der Waals surface area contributed by atoms with Crippen molar-refractivity contribution in [2.75, 3.05) is 0 Å². The van der Waals surface area contributed by atoms with E-state index in [0.29, 0.717) is 6.42 Å². The first-order valence-electron chi connectivity index (χ1n) is 5.12. The molecule has 0 saturated heterocycles. The van der Waals surface area contributed by atoms with E-state index in [-0.39, 0.29) is 17.6 Å². The Morgan fingerprint density at radius 1 is 1.27 bits per heavy atom. The third-order valence-corrected chi connectivity index (χ3v) is 4.51. The molecular formula is C12H10Cl2O. The fraction of sp³-hybridized carbons (Fsp3) is 0.417. The van der Waals surface area contributed by atoms with Gasteiger partial charge in [-0.25, -0.2) is 0 Å². The topological polar surface area (TPSA) is 17.1 Å². The molecule has 78 valence electrons. The Hall–Kier alpha value is -0.530. The van der Waals surface area contributed by atoms with E-state index in [9.17, 15) is 4.79 Å². The van der Waals surface area contributed by atoms with E-state index in [0.717, 1.165) is 17.5 Å². The predicted molar refractivity (Wildman–Crippen MR) is 60.7 cm³/mol. The molecule has 3 heteroatoms. The SMILES string of the molecule is O=C1CC[C@@H]2[C@@H](c3ccccc31)C2(Cl)Cl. The lowest BCUT2D eigenvalue weighted by Gasteiger charge is -2.07. The molecule has 1 fully saturated rings. The fourth-order valence-electron chi connectivity index (χ4n) is 2.62. The largest absolute Gasteiger partial charge is 0.294 e. The second kappa shape index (κ2) is 2.99. The van der Waals surface area contributed by atoms with Crippen molar-refractivity contribution >= 4 is 29.0 Å². The highest BCUT2D eigenvalue weighted by Gasteiger charge is 2.64. The zero-order chi connectivity index (χ0) is 10.6. The molecule has 1 aromatic carbocycles. The second-order valence-corrected chi connectivity index (χ2v) is 5.75. The minimum Gasteiger partial charge on any atom is -0.294 e. The van der Waals surface area contributed by atoms with Crippen molar-refractivity contribution in [3.63, 3.8) is 0 Å². The summed E-state index contributed by atoms with van der Waals surface area (Å²) in [7, 11) is 0. The highest BCUT2D eigenvalue weighted by atomic mass is 35.5. The lowest BCUT2D eigenvalue weighted by molar-refractivity contribution is 0.0979. The van der Waals surface area contributed by atoms with Crippen LogP contribution in [0.2, 0.25) is 0 Å². The van der Waals surface area contributed by atoms with Gasteiger partial charge in [0.1, 0.15) is 4.33 Å². The van der Waals surface area contributed by atoms with Crippen molar-refractivity contribution in [2.45, 2.75) is 23.1 Å². The van der Waals surface area contributed by atoms with Crippen LogP contribution in [0.4, 0.5) is 0 Å². The lowest BCUT2D eigenvalue weighted by Crippen LogP contribution is -2.05. The number of halogens is 2. The smallest absolute Gasteiger partial charge is 0.163 e. The lowest BCUT2D eigenvalue weighted by atomic mass is 10.0.